The van der Waals surface area contributed by atoms with Crippen LogP contribution in [0.25, 0.3) is 11.3 Å². The van der Waals surface area contributed by atoms with Crippen molar-refractivity contribution in [3.8, 4) is 11.3 Å². The monoisotopic (exact) mass is 281 g/mol. The van der Waals surface area contributed by atoms with Gasteiger partial charge in [0.05, 0.1) is 12.3 Å². The maximum atomic E-state index is 11.8. The van der Waals surface area contributed by atoms with Gasteiger partial charge < -0.3 is 4.74 Å². The van der Waals surface area contributed by atoms with Crippen LogP contribution in [0.5, 0.6) is 0 Å². The summed E-state index contributed by atoms with van der Waals surface area (Å²) in [6, 6.07) is 7.78. The van der Waals surface area contributed by atoms with Crippen molar-refractivity contribution < 1.29 is 9.53 Å². The molecule has 1 aromatic heterocycles. The number of hydrogen-bond donors (Lipinski definition) is 0. The lowest BCUT2D eigenvalue weighted by molar-refractivity contribution is 0.0532. The van der Waals surface area contributed by atoms with Crippen LogP contribution in [0.3, 0.4) is 0 Å². The second-order valence-electron chi connectivity index (χ2n) is 3.73. The van der Waals surface area contributed by atoms with E-state index < -0.39 is 0 Å². The minimum Gasteiger partial charge on any atom is -0.462 e. The number of halogens is 1. The lowest BCUT2D eigenvalue weighted by atomic mass is 10.1. The molecule has 5 heteroatoms. The predicted octanol–water partition coefficient (Wildman–Crippen LogP) is 3.95. The molecule has 0 bridgehead atoms. The molecule has 0 aliphatic heterocycles. The minimum absolute atomic E-state index is 0.335. The third-order valence-electron chi connectivity index (χ3n) is 2.35. The first kappa shape index (κ1) is 13.1. The van der Waals surface area contributed by atoms with E-state index in [1.807, 2.05) is 31.2 Å². The van der Waals surface area contributed by atoms with Crippen LogP contribution in [-0.2, 0) is 4.74 Å². The van der Waals surface area contributed by atoms with Crippen molar-refractivity contribution in [3.05, 3.63) is 39.2 Å². The number of carbonyl (C=O) groups excluding carboxylic acids is 1. The normalized spacial score (nSPS) is 10.4. The van der Waals surface area contributed by atoms with Crippen LogP contribution in [0.4, 0.5) is 0 Å². The second-order valence-corrected chi connectivity index (χ2v) is 5.32. The number of aromatic nitrogens is 1. The highest BCUT2D eigenvalue weighted by atomic mass is 35.5. The van der Waals surface area contributed by atoms with Gasteiger partial charge in [0.1, 0.15) is 4.88 Å². The Labute approximate surface area is 114 Å². The minimum atomic E-state index is -0.376. The zero-order valence-corrected chi connectivity index (χ0v) is 11.6. The van der Waals surface area contributed by atoms with E-state index in [1.165, 1.54) is 0 Å². The molecule has 2 rings (SSSR count). The lowest BCUT2D eigenvalue weighted by Gasteiger charge is -2.03. The molecule has 0 unspecified atom stereocenters. The second kappa shape index (κ2) is 5.50. The molecular weight excluding hydrogens is 270 g/mol. The van der Waals surface area contributed by atoms with Gasteiger partial charge in [0.15, 0.2) is 4.47 Å². The summed E-state index contributed by atoms with van der Waals surface area (Å²) in [5.41, 5.74) is 2.57. The first-order valence-corrected chi connectivity index (χ1v) is 6.71. The first-order chi connectivity index (χ1) is 8.61. The Morgan fingerprint density at radius 3 is 2.94 bits per heavy atom. The van der Waals surface area contributed by atoms with Gasteiger partial charge in [0.2, 0.25) is 0 Å². The van der Waals surface area contributed by atoms with Gasteiger partial charge in [-0.2, -0.15) is 0 Å². The van der Waals surface area contributed by atoms with E-state index in [1.54, 1.807) is 6.92 Å². The van der Waals surface area contributed by atoms with E-state index >= 15 is 0 Å². The smallest absolute Gasteiger partial charge is 0.350 e. The summed E-state index contributed by atoms with van der Waals surface area (Å²) >= 11 is 7.04. The van der Waals surface area contributed by atoms with Crippen molar-refractivity contribution >= 4 is 28.9 Å². The van der Waals surface area contributed by atoms with Crippen LogP contribution in [0, 0.1) is 6.92 Å². The first-order valence-electron chi connectivity index (χ1n) is 5.52. The average Bonchev–Trinajstić information content (AvgIpc) is 2.72. The SMILES string of the molecule is CCOC(=O)c1sc(Cl)nc1-c1cccc(C)c1. The van der Waals surface area contributed by atoms with Gasteiger partial charge in [-0.15, -0.1) is 0 Å². The molecule has 0 radical (unpaired) electrons. The fourth-order valence-electron chi connectivity index (χ4n) is 1.62. The van der Waals surface area contributed by atoms with Gasteiger partial charge in [-0.05, 0) is 19.9 Å². The average molecular weight is 282 g/mol. The van der Waals surface area contributed by atoms with E-state index in [2.05, 4.69) is 4.98 Å². The van der Waals surface area contributed by atoms with E-state index in [-0.39, 0.29) is 5.97 Å². The van der Waals surface area contributed by atoms with Crippen molar-refractivity contribution in [2.45, 2.75) is 13.8 Å². The number of esters is 1. The quantitative estimate of drug-likeness (QED) is 0.800. The molecule has 3 nitrogen and oxygen atoms in total. The molecule has 0 N–H and O–H groups in total. The number of hydrogen-bond acceptors (Lipinski definition) is 4. The Kier molecular flexibility index (Phi) is 3.99. The summed E-state index contributed by atoms with van der Waals surface area (Å²) in [4.78, 5) is 16.5. The van der Waals surface area contributed by atoms with Crippen LogP contribution in [0.2, 0.25) is 4.47 Å². The van der Waals surface area contributed by atoms with Gasteiger partial charge in [0, 0.05) is 5.56 Å². The number of benzene rings is 1. The number of ether oxygens (including phenoxy) is 1. The molecule has 0 atom stereocenters. The largest absolute Gasteiger partial charge is 0.462 e. The zero-order valence-electron chi connectivity index (χ0n) is 10.1. The Morgan fingerprint density at radius 2 is 2.28 bits per heavy atom. The summed E-state index contributed by atoms with van der Waals surface area (Å²) < 4.78 is 5.35. The van der Waals surface area contributed by atoms with Gasteiger partial charge in [-0.3, -0.25) is 0 Å². The Bertz CT molecular complexity index is 580. The number of aryl methyl sites for hydroxylation is 1. The molecule has 0 fully saturated rings. The fourth-order valence-corrected chi connectivity index (χ4v) is 2.64. The number of rotatable bonds is 3. The van der Waals surface area contributed by atoms with Gasteiger partial charge in [-0.1, -0.05) is 46.7 Å². The molecule has 18 heavy (non-hydrogen) atoms. The summed E-state index contributed by atoms with van der Waals surface area (Å²) in [7, 11) is 0. The van der Waals surface area contributed by atoms with Gasteiger partial charge in [-0.25, -0.2) is 9.78 Å². The number of carbonyl (C=O) groups is 1. The van der Waals surface area contributed by atoms with Crippen LogP contribution >= 0.6 is 22.9 Å². The van der Waals surface area contributed by atoms with Crippen LogP contribution in [0.15, 0.2) is 24.3 Å². The Balaban J connectivity index is 2.47. The predicted molar refractivity (Wildman–Crippen MR) is 73.3 cm³/mol. The molecule has 0 amide bonds. The van der Waals surface area contributed by atoms with E-state index in [4.69, 9.17) is 16.3 Å². The molecule has 1 aromatic carbocycles. The molecule has 0 saturated carbocycles. The van der Waals surface area contributed by atoms with Gasteiger partial charge in [0.25, 0.3) is 0 Å². The summed E-state index contributed by atoms with van der Waals surface area (Å²) in [6.45, 7) is 4.09. The molecule has 94 valence electrons. The van der Waals surface area contributed by atoms with Crippen molar-refractivity contribution in [2.24, 2.45) is 0 Å². The fraction of sp³-hybridized carbons (Fsp3) is 0.231. The third kappa shape index (κ3) is 2.71. The van der Waals surface area contributed by atoms with E-state index in [9.17, 15) is 4.79 Å². The highest BCUT2D eigenvalue weighted by molar-refractivity contribution is 7.17. The lowest BCUT2D eigenvalue weighted by Crippen LogP contribution is -2.03. The van der Waals surface area contributed by atoms with E-state index in [0.717, 1.165) is 22.5 Å². The van der Waals surface area contributed by atoms with Gasteiger partial charge >= 0.3 is 5.97 Å². The third-order valence-corrected chi connectivity index (χ3v) is 3.49. The topological polar surface area (TPSA) is 39.2 Å². The zero-order chi connectivity index (χ0) is 13.1. The highest BCUT2D eigenvalue weighted by Gasteiger charge is 2.19. The Hall–Kier alpha value is -1.39. The number of thiazole rings is 1. The van der Waals surface area contributed by atoms with Crippen LogP contribution in [0.1, 0.15) is 22.2 Å². The van der Waals surface area contributed by atoms with Crippen molar-refractivity contribution in [1.29, 1.82) is 0 Å². The molecule has 2 aromatic rings. The molecule has 0 saturated heterocycles. The molecular formula is C13H12ClNO2S. The molecule has 1 heterocycles. The summed E-state index contributed by atoms with van der Waals surface area (Å²) in [5.74, 6) is -0.376. The van der Waals surface area contributed by atoms with Crippen molar-refractivity contribution in [3.63, 3.8) is 0 Å². The number of nitrogens with zero attached hydrogens (tertiary/aromatic N) is 1. The summed E-state index contributed by atoms with van der Waals surface area (Å²) in [6.07, 6.45) is 0. The summed E-state index contributed by atoms with van der Waals surface area (Å²) in [5, 5.41) is 0. The van der Waals surface area contributed by atoms with E-state index in [0.29, 0.717) is 21.6 Å². The standard InChI is InChI=1S/C13H12ClNO2S/c1-3-17-12(16)11-10(15-13(14)18-11)9-6-4-5-8(2)7-9/h4-7H,3H2,1-2H3. The van der Waals surface area contributed by atoms with Crippen LogP contribution < -0.4 is 0 Å². The molecule has 0 aliphatic carbocycles. The maximum Gasteiger partial charge on any atom is 0.350 e. The highest BCUT2D eigenvalue weighted by Crippen LogP contribution is 2.31. The Morgan fingerprint density at radius 1 is 1.50 bits per heavy atom. The molecule has 0 spiro atoms. The van der Waals surface area contributed by atoms with Crippen molar-refractivity contribution in [1.82, 2.24) is 4.98 Å². The van der Waals surface area contributed by atoms with Crippen molar-refractivity contribution in [2.75, 3.05) is 6.61 Å². The maximum absolute atomic E-state index is 11.8. The van der Waals surface area contributed by atoms with Crippen LogP contribution in [-0.4, -0.2) is 17.6 Å². The molecule has 0 aliphatic rings.